The average molecular weight is 1010 g/mol. The molecule has 0 saturated carbocycles. The van der Waals surface area contributed by atoms with Crippen molar-refractivity contribution in [2.45, 2.75) is 129 Å². The van der Waals surface area contributed by atoms with E-state index < -0.39 is 0 Å². The van der Waals surface area contributed by atoms with Gasteiger partial charge in [-0.3, -0.25) is 0 Å². The van der Waals surface area contributed by atoms with Crippen molar-refractivity contribution in [1.82, 2.24) is 20.4 Å². The van der Waals surface area contributed by atoms with Gasteiger partial charge >= 0.3 is 0 Å². The largest absolute Gasteiger partial charge is 0.311 e. The molecule has 0 atom stereocenters. The third-order valence-electron chi connectivity index (χ3n) is 14.0. The number of hydrogen-bond donors (Lipinski definition) is 0. The molecule has 3 heterocycles. The number of aryl methyl sites for hydroxylation is 2. The number of nitrogens with zero attached hydrogens (tertiary/aromatic N) is 6. The topological polar surface area (TPSA) is 58.0 Å². The molecule has 378 valence electrons. The van der Waals surface area contributed by atoms with Gasteiger partial charge in [-0.2, -0.15) is 0 Å². The molecule has 6 aromatic carbocycles. The van der Waals surface area contributed by atoms with Gasteiger partial charge in [0, 0.05) is 43.9 Å². The van der Waals surface area contributed by atoms with E-state index in [0.29, 0.717) is 11.6 Å². The van der Waals surface area contributed by atoms with E-state index in [1.807, 2.05) is 0 Å². The summed E-state index contributed by atoms with van der Waals surface area (Å²) in [6, 6.07) is 65.1. The number of aromatic nitrogens is 4. The Bertz CT molecular complexity index is 2720. The lowest BCUT2D eigenvalue weighted by molar-refractivity contribution is 0.576. The first kappa shape index (κ1) is 52.1. The molecule has 6 nitrogen and oxygen atoms in total. The number of unbranched alkanes of at least 4 members (excludes halogenated alkanes) is 14. The van der Waals surface area contributed by atoms with E-state index in [-0.39, 0.29) is 0 Å². The second-order valence-electron chi connectivity index (χ2n) is 19.5. The van der Waals surface area contributed by atoms with Crippen molar-refractivity contribution in [2.75, 3.05) is 9.80 Å². The van der Waals surface area contributed by atoms with Crippen LogP contribution in [-0.2, 0) is 12.8 Å². The van der Waals surface area contributed by atoms with Crippen LogP contribution in [0.15, 0.2) is 182 Å². The molecule has 0 unspecified atom stereocenters. The molecule has 0 saturated heterocycles. The smallest absolute Gasteiger partial charge is 0.213 e. The fourth-order valence-electron chi connectivity index (χ4n) is 9.99. The van der Waals surface area contributed by atoms with Gasteiger partial charge in [-0.25, -0.2) is 0 Å². The standard InChI is InChI=1S/C66H72N6S2/c1-3-5-7-9-11-13-15-21-31-53-49-61(73-63(53)51-41-45-59(46-42-51)71(55-33-23-17-24-34-55)56-35-25-18-26-36-56)65-67-69-66(70-68-65)62-50-54(32-22-16-14-12-10-8-6-4-2)64(74-62)52-43-47-60(48-44-52)72(57-37-27-19-28-38-57)58-39-29-20-30-40-58/h17-20,23-30,33-50H,3-16,21-22,31-32H2,1-2H3. The second kappa shape index (κ2) is 27.5. The van der Waals surface area contributed by atoms with Crippen LogP contribution in [0.1, 0.15) is 128 Å². The number of benzene rings is 6. The summed E-state index contributed by atoms with van der Waals surface area (Å²) in [5, 5.41) is 19.3. The first-order valence-electron chi connectivity index (χ1n) is 27.5. The Kier molecular flexibility index (Phi) is 19.4. The molecule has 0 spiro atoms. The molecule has 0 aliphatic heterocycles. The molecule has 74 heavy (non-hydrogen) atoms. The van der Waals surface area contributed by atoms with Crippen LogP contribution < -0.4 is 9.80 Å². The molecule has 8 heteroatoms. The van der Waals surface area contributed by atoms with E-state index in [9.17, 15) is 0 Å². The van der Waals surface area contributed by atoms with Crippen molar-refractivity contribution in [3.63, 3.8) is 0 Å². The zero-order chi connectivity index (χ0) is 50.6. The normalized spacial score (nSPS) is 11.3. The molecular formula is C66H72N6S2. The highest BCUT2D eigenvalue weighted by Crippen LogP contribution is 2.43. The molecule has 0 aliphatic rings. The van der Waals surface area contributed by atoms with E-state index in [2.05, 4.69) is 206 Å². The van der Waals surface area contributed by atoms with Crippen LogP contribution >= 0.6 is 22.7 Å². The lowest BCUT2D eigenvalue weighted by Crippen LogP contribution is -2.09. The van der Waals surface area contributed by atoms with E-state index in [1.54, 1.807) is 22.7 Å². The van der Waals surface area contributed by atoms with E-state index in [1.165, 1.54) is 122 Å². The molecule has 0 aliphatic carbocycles. The lowest BCUT2D eigenvalue weighted by atomic mass is 10.0. The molecule has 9 rings (SSSR count). The summed E-state index contributed by atoms with van der Waals surface area (Å²) < 4.78 is 0. The van der Waals surface area contributed by atoms with Gasteiger partial charge in [0.2, 0.25) is 11.6 Å². The molecular weight excluding hydrogens is 941 g/mol. The highest BCUT2D eigenvalue weighted by molar-refractivity contribution is 7.19. The summed E-state index contributed by atoms with van der Waals surface area (Å²) in [5.74, 6) is 1.15. The average Bonchev–Trinajstić information content (AvgIpc) is 4.09. The van der Waals surface area contributed by atoms with Gasteiger partial charge in [0.05, 0.1) is 9.75 Å². The monoisotopic (exact) mass is 1010 g/mol. The van der Waals surface area contributed by atoms with Crippen molar-refractivity contribution in [1.29, 1.82) is 0 Å². The highest BCUT2D eigenvalue weighted by atomic mass is 32.1. The van der Waals surface area contributed by atoms with Gasteiger partial charge in [-0.1, -0.05) is 201 Å². The minimum Gasteiger partial charge on any atom is -0.311 e. The molecule has 0 bridgehead atoms. The van der Waals surface area contributed by atoms with Gasteiger partial charge in [0.25, 0.3) is 0 Å². The maximum absolute atomic E-state index is 4.82. The van der Waals surface area contributed by atoms with Crippen LogP contribution in [0.5, 0.6) is 0 Å². The Hall–Kier alpha value is -6.74. The summed E-state index contributed by atoms with van der Waals surface area (Å²) in [6.45, 7) is 4.57. The molecule has 0 radical (unpaired) electrons. The Morgan fingerprint density at radius 3 is 0.878 bits per heavy atom. The Morgan fingerprint density at radius 1 is 0.311 bits per heavy atom. The Morgan fingerprint density at radius 2 is 0.581 bits per heavy atom. The summed E-state index contributed by atoms with van der Waals surface area (Å²) >= 11 is 3.51. The summed E-state index contributed by atoms with van der Waals surface area (Å²) in [7, 11) is 0. The number of para-hydroxylation sites is 4. The Balaban J connectivity index is 0.977. The van der Waals surface area contributed by atoms with Crippen LogP contribution in [0.2, 0.25) is 0 Å². The van der Waals surface area contributed by atoms with Gasteiger partial charge in [-0.05, 0) is 133 Å². The van der Waals surface area contributed by atoms with Crippen LogP contribution in [0.3, 0.4) is 0 Å². The van der Waals surface area contributed by atoms with Crippen molar-refractivity contribution in [3.8, 4) is 42.3 Å². The zero-order valence-corrected chi connectivity index (χ0v) is 45.2. The Labute approximate surface area is 449 Å². The van der Waals surface area contributed by atoms with Crippen LogP contribution in [0, 0.1) is 0 Å². The quantitative estimate of drug-likeness (QED) is 0.0456. The van der Waals surface area contributed by atoms with Crippen molar-refractivity contribution in [2.24, 2.45) is 0 Å². The second-order valence-corrected chi connectivity index (χ2v) is 21.6. The number of thiophene rings is 2. The lowest BCUT2D eigenvalue weighted by Gasteiger charge is -2.25. The number of hydrogen-bond acceptors (Lipinski definition) is 8. The first-order chi connectivity index (χ1) is 36.7. The van der Waals surface area contributed by atoms with Gasteiger partial charge in [-0.15, -0.1) is 43.1 Å². The third kappa shape index (κ3) is 13.9. The minimum atomic E-state index is 0.575. The molecule has 3 aromatic heterocycles. The van der Waals surface area contributed by atoms with E-state index in [0.717, 1.165) is 69.6 Å². The van der Waals surface area contributed by atoms with Gasteiger partial charge in [0.1, 0.15) is 0 Å². The van der Waals surface area contributed by atoms with Gasteiger partial charge < -0.3 is 9.80 Å². The van der Waals surface area contributed by atoms with Crippen molar-refractivity contribution in [3.05, 3.63) is 193 Å². The fraction of sp³-hybridized carbons (Fsp3) is 0.303. The first-order valence-corrected chi connectivity index (χ1v) is 29.1. The molecule has 0 amide bonds. The number of anilines is 6. The molecule has 0 N–H and O–H groups in total. The maximum atomic E-state index is 4.82. The summed E-state index contributed by atoms with van der Waals surface area (Å²) in [5.41, 5.74) is 11.8. The van der Waals surface area contributed by atoms with Gasteiger partial charge in [0.15, 0.2) is 0 Å². The maximum Gasteiger partial charge on any atom is 0.213 e. The molecule has 9 aromatic rings. The predicted molar refractivity (Wildman–Crippen MR) is 317 cm³/mol. The molecule has 0 fully saturated rings. The minimum absolute atomic E-state index is 0.575. The summed E-state index contributed by atoms with van der Waals surface area (Å²) in [4.78, 5) is 9.17. The van der Waals surface area contributed by atoms with Crippen molar-refractivity contribution < 1.29 is 0 Å². The van der Waals surface area contributed by atoms with E-state index >= 15 is 0 Å². The summed E-state index contributed by atoms with van der Waals surface area (Å²) in [6.07, 6.45) is 22.7. The fourth-order valence-corrected chi connectivity index (χ4v) is 12.3. The third-order valence-corrected chi connectivity index (χ3v) is 16.4. The van der Waals surface area contributed by atoms with E-state index in [4.69, 9.17) is 20.4 Å². The SMILES string of the molecule is CCCCCCCCCCc1cc(-c2nnc(-c3cc(CCCCCCCCCC)c(-c4ccc(N(c5ccccc5)c5ccccc5)cc4)s3)nn2)sc1-c1ccc(N(c2ccccc2)c2ccccc2)cc1. The van der Waals surface area contributed by atoms with Crippen molar-refractivity contribution >= 4 is 56.8 Å². The number of rotatable bonds is 28. The predicted octanol–water partition coefficient (Wildman–Crippen LogP) is 20.4. The zero-order valence-electron chi connectivity index (χ0n) is 43.5. The van der Waals surface area contributed by atoms with Crippen LogP contribution in [0.4, 0.5) is 34.1 Å². The van der Waals surface area contributed by atoms with Crippen LogP contribution in [0.25, 0.3) is 42.3 Å². The van der Waals surface area contributed by atoms with Crippen LogP contribution in [-0.4, -0.2) is 20.4 Å². The highest BCUT2D eigenvalue weighted by Gasteiger charge is 2.20.